The number of amides is 1. The second-order valence-electron chi connectivity index (χ2n) is 4.82. The zero-order chi connectivity index (χ0) is 16.3. The molecule has 1 aliphatic heterocycles. The minimum absolute atomic E-state index is 0.00986. The summed E-state index contributed by atoms with van der Waals surface area (Å²) in [5, 5.41) is 25.6. The lowest BCUT2D eigenvalue weighted by Crippen LogP contribution is -2.42. The zero-order valence-corrected chi connectivity index (χ0v) is 11.8. The first-order valence-electron chi connectivity index (χ1n) is 6.58. The number of benzene rings is 1. The number of carbonyl (C=O) groups excluding carboxylic acids is 1. The van der Waals surface area contributed by atoms with Gasteiger partial charge in [0, 0.05) is 6.42 Å². The van der Waals surface area contributed by atoms with Gasteiger partial charge in [-0.25, -0.2) is 4.79 Å². The van der Waals surface area contributed by atoms with Gasteiger partial charge in [-0.15, -0.1) is 0 Å². The Bertz CT molecular complexity index is 629. The van der Waals surface area contributed by atoms with Crippen molar-refractivity contribution in [2.24, 2.45) is 5.10 Å². The molecule has 3 N–H and O–H groups in total. The van der Waals surface area contributed by atoms with Crippen molar-refractivity contribution in [2.45, 2.75) is 25.4 Å². The number of hydrogen-bond donors (Lipinski definition) is 3. The Kier molecular flexibility index (Phi) is 4.40. The minimum Gasteiger partial charge on any atom is -0.480 e. The highest BCUT2D eigenvalue weighted by atomic mass is 16.4. The van der Waals surface area contributed by atoms with Crippen molar-refractivity contribution in [1.29, 1.82) is 0 Å². The molecule has 1 aromatic rings. The van der Waals surface area contributed by atoms with Crippen LogP contribution >= 0.6 is 0 Å². The summed E-state index contributed by atoms with van der Waals surface area (Å²) in [6, 6.07) is 6.53. The maximum absolute atomic E-state index is 12.0. The predicted octanol–water partition coefficient (Wildman–Crippen LogP) is 0.295. The molecule has 116 valence electrons. The first-order valence-corrected chi connectivity index (χ1v) is 6.58. The van der Waals surface area contributed by atoms with Gasteiger partial charge in [-0.3, -0.25) is 14.6 Å². The van der Waals surface area contributed by atoms with E-state index in [2.05, 4.69) is 10.4 Å². The van der Waals surface area contributed by atoms with Crippen LogP contribution in [0.2, 0.25) is 0 Å². The Hall–Kier alpha value is -2.90. The summed E-state index contributed by atoms with van der Waals surface area (Å²) in [4.78, 5) is 34.1. The van der Waals surface area contributed by atoms with Gasteiger partial charge in [0.2, 0.25) is 0 Å². The van der Waals surface area contributed by atoms with Crippen LogP contribution in [-0.2, 0) is 14.4 Å². The van der Waals surface area contributed by atoms with E-state index in [0.717, 1.165) is 0 Å². The van der Waals surface area contributed by atoms with E-state index in [1.54, 1.807) is 30.3 Å². The van der Waals surface area contributed by atoms with E-state index in [9.17, 15) is 19.5 Å². The molecule has 1 amide bonds. The minimum atomic E-state index is -1.18. The molecule has 22 heavy (non-hydrogen) atoms. The lowest BCUT2D eigenvalue weighted by Gasteiger charge is -2.19. The lowest BCUT2D eigenvalue weighted by molar-refractivity contribution is -0.140. The van der Waals surface area contributed by atoms with Gasteiger partial charge < -0.3 is 15.5 Å². The normalized spacial score (nSPS) is 18.5. The molecule has 8 heteroatoms. The van der Waals surface area contributed by atoms with Crippen molar-refractivity contribution in [2.75, 3.05) is 5.01 Å². The molecule has 1 unspecified atom stereocenters. The number of para-hydroxylation sites is 1. The number of nitrogens with zero attached hydrogens (tertiary/aromatic N) is 2. The van der Waals surface area contributed by atoms with Crippen LogP contribution in [0.1, 0.15) is 13.3 Å². The Morgan fingerprint density at radius 1 is 1.27 bits per heavy atom. The molecule has 0 aromatic heterocycles. The molecule has 0 fully saturated rings. The number of carboxylic acids is 2. The van der Waals surface area contributed by atoms with Crippen molar-refractivity contribution < 1.29 is 24.6 Å². The van der Waals surface area contributed by atoms with Crippen molar-refractivity contribution in [3.8, 4) is 0 Å². The number of rotatable bonds is 5. The Balaban J connectivity index is 2.21. The van der Waals surface area contributed by atoms with Gasteiger partial charge in [0.05, 0.1) is 5.69 Å². The molecule has 0 aliphatic carbocycles. The van der Waals surface area contributed by atoms with Gasteiger partial charge in [-0.1, -0.05) is 18.2 Å². The fourth-order valence-corrected chi connectivity index (χ4v) is 2.00. The molecule has 0 radical (unpaired) electrons. The van der Waals surface area contributed by atoms with Crippen LogP contribution in [-0.4, -0.2) is 45.9 Å². The molecule has 0 saturated carbocycles. The van der Waals surface area contributed by atoms with E-state index in [0.29, 0.717) is 5.69 Å². The van der Waals surface area contributed by atoms with Crippen LogP contribution in [0, 0.1) is 0 Å². The van der Waals surface area contributed by atoms with Gasteiger partial charge in [-0.05, 0) is 19.1 Å². The molecule has 2 atom stereocenters. The van der Waals surface area contributed by atoms with E-state index in [-0.39, 0.29) is 12.1 Å². The highest BCUT2D eigenvalue weighted by Crippen LogP contribution is 2.24. The average molecular weight is 305 g/mol. The number of carbonyl (C=O) groups is 3. The topological polar surface area (TPSA) is 119 Å². The van der Waals surface area contributed by atoms with Crippen LogP contribution in [0.4, 0.5) is 5.69 Å². The molecule has 0 bridgehead atoms. The maximum atomic E-state index is 12.0. The molecule has 1 aliphatic rings. The molecule has 0 spiro atoms. The molecule has 2 rings (SSSR count). The molecule has 8 nitrogen and oxygen atoms in total. The quantitative estimate of drug-likeness (QED) is 0.719. The summed E-state index contributed by atoms with van der Waals surface area (Å²) in [6.45, 7) is 1.32. The fourth-order valence-electron chi connectivity index (χ4n) is 2.00. The molecular weight excluding hydrogens is 290 g/mol. The maximum Gasteiger partial charge on any atom is 0.328 e. The molecule has 1 heterocycles. The van der Waals surface area contributed by atoms with Crippen LogP contribution in [0.25, 0.3) is 0 Å². The zero-order valence-electron chi connectivity index (χ0n) is 11.8. The highest BCUT2D eigenvalue weighted by Gasteiger charge is 2.36. The summed E-state index contributed by atoms with van der Waals surface area (Å²) in [7, 11) is 0. The van der Waals surface area contributed by atoms with E-state index >= 15 is 0 Å². The summed E-state index contributed by atoms with van der Waals surface area (Å²) < 4.78 is 0. The van der Waals surface area contributed by atoms with Gasteiger partial charge in [0.1, 0.15) is 11.8 Å². The third kappa shape index (κ3) is 3.22. The summed E-state index contributed by atoms with van der Waals surface area (Å²) in [5.74, 6) is -2.97. The van der Waals surface area contributed by atoms with E-state index < -0.39 is 29.9 Å². The first-order chi connectivity index (χ1) is 10.4. The fraction of sp³-hybridized carbons (Fsp3) is 0.286. The van der Waals surface area contributed by atoms with Crippen LogP contribution < -0.4 is 10.3 Å². The Labute approximate surface area is 126 Å². The van der Waals surface area contributed by atoms with Gasteiger partial charge in [-0.2, -0.15) is 5.10 Å². The largest absolute Gasteiger partial charge is 0.480 e. The second-order valence-corrected chi connectivity index (χ2v) is 4.82. The summed E-state index contributed by atoms with van der Waals surface area (Å²) >= 11 is 0. The third-order valence-corrected chi connectivity index (χ3v) is 3.20. The van der Waals surface area contributed by atoms with Crippen molar-refractivity contribution in [3.63, 3.8) is 0 Å². The Morgan fingerprint density at radius 2 is 1.91 bits per heavy atom. The number of hydrogen-bond acceptors (Lipinski definition) is 5. The van der Waals surface area contributed by atoms with Gasteiger partial charge >= 0.3 is 11.9 Å². The van der Waals surface area contributed by atoms with E-state index in [1.165, 1.54) is 11.9 Å². The number of anilines is 1. The Morgan fingerprint density at radius 3 is 2.45 bits per heavy atom. The predicted molar refractivity (Wildman–Crippen MR) is 77.6 cm³/mol. The number of carboxylic acid groups (broad SMARTS) is 2. The smallest absolute Gasteiger partial charge is 0.328 e. The van der Waals surface area contributed by atoms with E-state index in [4.69, 9.17) is 5.11 Å². The monoisotopic (exact) mass is 305 g/mol. The van der Waals surface area contributed by atoms with Crippen molar-refractivity contribution >= 4 is 29.2 Å². The molecule has 1 aromatic carbocycles. The van der Waals surface area contributed by atoms with Crippen molar-refractivity contribution in [1.82, 2.24) is 5.32 Å². The standard InChI is InChI=1S/C14H15N3O5/c1-8(13(19)20)15-12(18)10-7-11(14(21)22)17(16-10)9-5-3-2-4-6-9/h2-6,8,11H,7H2,1H3,(H,15,18)(H,19,20)(H,21,22)/t8-,11?/m1/s1. The second kappa shape index (κ2) is 6.25. The average Bonchev–Trinajstić information content (AvgIpc) is 2.93. The number of nitrogens with one attached hydrogen (secondary N) is 1. The first kappa shape index (κ1) is 15.5. The summed E-state index contributed by atoms with van der Waals surface area (Å²) in [6.07, 6.45) is -0.0948. The van der Waals surface area contributed by atoms with Gasteiger partial charge in [0.25, 0.3) is 5.91 Å². The SMILES string of the molecule is C[C@@H](NC(=O)C1=NN(c2ccccc2)C(C(=O)O)C1)C(=O)O. The van der Waals surface area contributed by atoms with Crippen LogP contribution in [0.15, 0.2) is 35.4 Å². The van der Waals surface area contributed by atoms with E-state index in [1.807, 2.05) is 0 Å². The van der Waals surface area contributed by atoms with Crippen molar-refractivity contribution in [3.05, 3.63) is 30.3 Å². The number of hydrazone groups is 1. The van der Waals surface area contributed by atoms with Crippen LogP contribution in [0.3, 0.4) is 0 Å². The molecular formula is C14H15N3O5. The lowest BCUT2D eigenvalue weighted by atomic mass is 10.1. The number of aliphatic carboxylic acids is 2. The summed E-state index contributed by atoms with van der Waals surface area (Å²) in [5.41, 5.74) is 0.535. The third-order valence-electron chi connectivity index (χ3n) is 3.20. The van der Waals surface area contributed by atoms with Gasteiger partial charge in [0.15, 0.2) is 6.04 Å². The molecule has 0 saturated heterocycles. The van der Waals surface area contributed by atoms with Crippen LogP contribution in [0.5, 0.6) is 0 Å². The highest BCUT2D eigenvalue weighted by molar-refractivity contribution is 6.40.